The Hall–Kier alpha value is -2.32. The van der Waals surface area contributed by atoms with Gasteiger partial charge in [0.1, 0.15) is 12.4 Å². The number of rotatable bonds is 5. The lowest BCUT2D eigenvalue weighted by molar-refractivity contribution is -0.140. The van der Waals surface area contributed by atoms with Crippen LogP contribution in [0.25, 0.3) is 0 Å². The van der Waals surface area contributed by atoms with Gasteiger partial charge in [-0.2, -0.15) is 0 Å². The largest absolute Gasteiger partial charge is 0.489 e. The van der Waals surface area contributed by atoms with E-state index >= 15 is 0 Å². The number of carbonyl (C=O) groups is 2. The highest BCUT2D eigenvalue weighted by Gasteiger charge is 2.34. The number of halogens is 2. The van der Waals surface area contributed by atoms with Crippen LogP contribution in [0, 0.1) is 5.82 Å². The summed E-state index contributed by atoms with van der Waals surface area (Å²) in [4.78, 5) is 25.3. The summed E-state index contributed by atoms with van der Waals surface area (Å²) in [6.45, 7) is 1.54. The maximum atomic E-state index is 14.9. The average molecular weight is 374 g/mol. The molecular weight excluding hydrogens is 357 g/mol. The van der Waals surface area contributed by atoms with E-state index in [1.165, 1.54) is 24.1 Å². The van der Waals surface area contributed by atoms with Crippen LogP contribution in [0.2, 0.25) is 5.02 Å². The molecule has 0 radical (unpaired) electrons. The third-order valence-electron chi connectivity index (χ3n) is 3.44. The number of ether oxygens (including phenoxy) is 4. The first-order chi connectivity index (χ1) is 12.0. The smallest absolute Gasteiger partial charge is 0.355 e. The Morgan fingerprint density at radius 2 is 1.96 bits per heavy atom. The van der Waals surface area contributed by atoms with E-state index in [1.54, 1.807) is 6.92 Å². The monoisotopic (exact) mass is 373 g/mol. The van der Waals surface area contributed by atoms with Crippen molar-refractivity contribution in [1.82, 2.24) is 0 Å². The molecule has 2 rings (SSSR count). The number of nitrogens with zero attached hydrogens (tertiary/aromatic N) is 1. The molecule has 0 atom stereocenters. The topological polar surface area (TPSA) is 74.3 Å². The minimum absolute atomic E-state index is 0.0469. The molecule has 0 fully saturated rings. The molecule has 136 valence electrons. The summed E-state index contributed by atoms with van der Waals surface area (Å²) in [6.07, 6.45) is 0. The van der Waals surface area contributed by atoms with Gasteiger partial charge in [-0.15, -0.1) is 0 Å². The quantitative estimate of drug-likeness (QED) is 0.733. The van der Waals surface area contributed by atoms with E-state index in [1.807, 2.05) is 0 Å². The summed E-state index contributed by atoms with van der Waals surface area (Å²) in [5.74, 6) is -2.54. The first-order valence-corrected chi connectivity index (χ1v) is 7.69. The molecule has 0 aliphatic carbocycles. The van der Waals surface area contributed by atoms with Crippen molar-refractivity contribution in [3.63, 3.8) is 0 Å². The highest BCUT2D eigenvalue weighted by Crippen LogP contribution is 2.37. The van der Waals surface area contributed by atoms with Crippen molar-refractivity contribution in [1.29, 1.82) is 0 Å². The van der Waals surface area contributed by atoms with Gasteiger partial charge in [0.05, 0.1) is 43.7 Å². The molecule has 7 nitrogen and oxygen atoms in total. The van der Waals surface area contributed by atoms with Gasteiger partial charge in [-0.05, 0) is 19.1 Å². The van der Waals surface area contributed by atoms with Crippen LogP contribution < -0.4 is 9.64 Å². The molecular formula is C16H17ClFNO6. The van der Waals surface area contributed by atoms with Gasteiger partial charge in [0.15, 0.2) is 11.6 Å². The van der Waals surface area contributed by atoms with E-state index < -0.39 is 17.8 Å². The molecule has 25 heavy (non-hydrogen) atoms. The van der Waals surface area contributed by atoms with Gasteiger partial charge in [-0.1, -0.05) is 11.6 Å². The van der Waals surface area contributed by atoms with Crippen molar-refractivity contribution < 1.29 is 32.9 Å². The molecule has 0 N–H and O–H groups in total. The fourth-order valence-electron chi connectivity index (χ4n) is 2.34. The fourth-order valence-corrected chi connectivity index (χ4v) is 2.54. The molecule has 1 aliphatic heterocycles. The van der Waals surface area contributed by atoms with Crippen molar-refractivity contribution >= 4 is 29.2 Å². The van der Waals surface area contributed by atoms with Crippen LogP contribution >= 0.6 is 11.6 Å². The van der Waals surface area contributed by atoms with E-state index in [4.69, 9.17) is 25.8 Å². The maximum Gasteiger partial charge on any atom is 0.355 e. The first-order valence-electron chi connectivity index (χ1n) is 7.32. The zero-order chi connectivity index (χ0) is 18.6. The summed E-state index contributed by atoms with van der Waals surface area (Å²) in [5.41, 5.74) is -0.286. The number of esters is 2. The predicted molar refractivity (Wildman–Crippen MR) is 86.9 cm³/mol. The summed E-state index contributed by atoms with van der Waals surface area (Å²) >= 11 is 5.95. The highest BCUT2D eigenvalue weighted by molar-refractivity contribution is 6.32. The van der Waals surface area contributed by atoms with Gasteiger partial charge in [0.2, 0.25) is 0 Å². The second-order valence-electron chi connectivity index (χ2n) is 4.86. The van der Waals surface area contributed by atoms with Gasteiger partial charge in [0.25, 0.3) is 0 Å². The van der Waals surface area contributed by atoms with Gasteiger partial charge in [-0.3, -0.25) is 0 Å². The number of hydrogen-bond acceptors (Lipinski definition) is 7. The minimum atomic E-state index is -0.823. The molecule has 1 heterocycles. The van der Waals surface area contributed by atoms with E-state index in [0.717, 1.165) is 7.11 Å². The van der Waals surface area contributed by atoms with Gasteiger partial charge in [0, 0.05) is 0 Å². The molecule has 0 aromatic heterocycles. The van der Waals surface area contributed by atoms with Crippen LogP contribution in [0.5, 0.6) is 5.75 Å². The summed E-state index contributed by atoms with van der Waals surface area (Å²) in [7, 11) is 2.32. The Kier molecular flexibility index (Phi) is 6.22. The summed E-state index contributed by atoms with van der Waals surface area (Å²) < 4.78 is 34.8. The van der Waals surface area contributed by atoms with Crippen molar-refractivity contribution in [2.24, 2.45) is 0 Å². The molecule has 1 aromatic rings. The molecule has 0 saturated carbocycles. The lowest BCUT2D eigenvalue weighted by atomic mass is 10.1. The Balaban J connectivity index is 2.62. The fraction of sp³-hybridized carbons (Fsp3) is 0.375. The van der Waals surface area contributed by atoms with Gasteiger partial charge in [-0.25, -0.2) is 14.0 Å². The van der Waals surface area contributed by atoms with E-state index in [-0.39, 0.29) is 47.7 Å². The van der Waals surface area contributed by atoms with Crippen molar-refractivity contribution in [3.8, 4) is 5.75 Å². The first kappa shape index (κ1) is 19.0. The van der Waals surface area contributed by atoms with Gasteiger partial charge < -0.3 is 23.8 Å². The Labute approximate surface area is 148 Å². The summed E-state index contributed by atoms with van der Waals surface area (Å²) in [5, 5.41) is 0.0813. The van der Waals surface area contributed by atoms with Crippen LogP contribution in [0.15, 0.2) is 23.4 Å². The second kappa shape index (κ2) is 8.17. The summed E-state index contributed by atoms with van der Waals surface area (Å²) in [6, 6.07) is 2.78. The zero-order valence-electron chi connectivity index (χ0n) is 13.9. The third-order valence-corrected chi connectivity index (χ3v) is 3.74. The van der Waals surface area contributed by atoms with Crippen molar-refractivity contribution in [2.45, 2.75) is 6.92 Å². The van der Waals surface area contributed by atoms with E-state index in [2.05, 4.69) is 4.74 Å². The molecule has 9 heteroatoms. The van der Waals surface area contributed by atoms with Gasteiger partial charge >= 0.3 is 11.9 Å². The lowest BCUT2D eigenvalue weighted by Gasteiger charge is -2.31. The molecule has 0 saturated heterocycles. The molecule has 1 aliphatic rings. The number of hydrogen-bond donors (Lipinski definition) is 0. The van der Waals surface area contributed by atoms with Crippen LogP contribution in [-0.4, -0.2) is 46.1 Å². The number of benzene rings is 1. The molecule has 0 amide bonds. The lowest BCUT2D eigenvalue weighted by Crippen LogP contribution is -2.39. The normalized spacial score (nSPS) is 14.4. The Morgan fingerprint density at radius 1 is 1.28 bits per heavy atom. The maximum absolute atomic E-state index is 14.9. The van der Waals surface area contributed by atoms with Crippen LogP contribution in [0.4, 0.5) is 10.1 Å². The highest BCUT2D eigenvalue weighted by atomic mass is 35.5. The van der Waals surface area contributed by atoms with Crippen molar-refractivity contribution in [2.75, 3.05) is 39.1 Å². The van der Waals surface area contributed by atoms with E-state index in [9.17, 15) is 14.0 Å². The second-order valence-corrected chi connectivity index (χ2v) is 5.27. The standard InChI is InChI=1S/C16H17ClFNO6/c1-4-25-14-10(17)5-6-11(12(14)18)19-8-24-7-9(15(20)22-2)13(19)16(21)23-3/h5-6H,4,7-8H2,1-3H3. The van der Waals surface area contributed by atoms with Crippen molar-refractivity contribution in [3.05, 3.63) is 34.2 Å². The third kappa shape index (κ3) is 3.69. The van der Waals surface area contributed by atoms with Crippen LogP contribution in [0.1, 0.15) is 6.92 Å². The van der Waals surface area contributed by atoms with Crippen LogP contribution in [-0.2, 0) is 23.8 Å². The molecule has 0 spiro atoms. The predicted octanol–water partition coefficient (Wildman–Crippen LogP) is 2.27. The van der Waals surface area contributed by atoms with Crippen LogP contribution in [0.3, 0.4) is 0 Å². The number of anilines is 1. The Morgan fingerprint density at radius 3 is 2.56 bits per heavy atom. The molecule has 0 bridgehead atoms. The SMILES string of the molecule is CCOc1c(Cl)ccc(N2COCC(C(=O)OC)=C2C(=O)OC)c1F. The molecule has 0 unspecified atom stereocenters. The molecule has 1 aromatic carbocycles. The number of carbonyl (C=O) groups excluding carboxylic acids is 2. The van der Waals surface area contributed by atoms with E-state index in [0.29, 0.717) is 0 Å². The minimum Gasteiger partial charge on any atom is -0.489 e. The number of methoxy groups -OCH3 is 2. The Bertz CT molecular complexity index is 721. The zero-order valence-corrected chi connectivity index (χ0v) is 14.7. The average Bonchev–Trinajstić information content (AvgIpc) is 2.63.